The van der Waals surface area contributed by atoms with Crippen LogP contribution in [0.5, 0.6) is 0 Å². The van der Waals surface area contributed by atoms with Crippen LogP contribution < -0.4 is 5.32 Å². The van der Waals surface area contributed by atoms with Crippen LogP contribution in [0.15, 0.2) is 59.1 Å². The number of nitrogens with one attached hydrogen (secondary N) is 1. The first-order valence-electron chi connectivity index (χ1n) is 7.53. The molecule has 0 aliphatic rings. The molecule has 0 spiro atoms. The predicted molar refractivity (Wildman–Crippen MR) is 92.8 cm³/mol. The molecular formula is C20H16N2O2. The van der Waals surface area contributed by atoms with E-state index in [9.17, 15) is 4.79 Å². The van der Waals surface area contributed by atoms with Crippen molar-refractivity contribution in [2.45, 2.75) is 13.8 Å². The number of anilines is 1. The molecule has 0 saturated carbocycles. The number of hydrogen-bond acceptors (Lipinski definition) is 3. The van der Waals surface area contributed by atoms with E-state index in [2.05, 4.69) is 22.1 Å². The van der Waals surface area contributed by atoms with E-state index in [4.69, 9.17) is 4.42 Å². The Balaban J connectivity index is 1.77. The van der Waals surface area contributed by atoms with Gasteiger partial charge in [-0.2, -0.15) is 0 Å². The number of furan rings is 1. The molecule has 4 heteroatoms. The molecule has 0 fully saturated rings. The molecule has 3 aromatic rings. The van der Waals surface area contributed by atoms with Crippen LogP contribution in [-0.2, 0) is 0 Å². The van der Waals surface area contributed by atoms with Crippen molar-refractivity contribution in [1.29, 1.82) is 0 Å². The lowest BCUT2D eigenvalue weighted by Gasteiger charge is -2.04. The van der Waals surface area contributed by atoms with Gasteiger partial charge in [-0.15, -0.1) is 0 Å². The van der Waals surface area contributed by atoms with Gasteiger partial charge in [-0.1, -0.05) is 18.1 Å². The summed E-state index contributed by atoms with van der Waals surface area (Å²) in [5.74, 6) is 7.17. The van der Waals surface area contributed by atoms with Gasteiger partial charge in [0, 0.05) is 17.4 Å². The summed E-state index contributed by atoms with van der Waals surface area (Å²) in [7, 11) is 0. The third kappa shape index (κ3) is 3.71. The summed E-state index contributed by atoms with van der Waals surface area (Å²) < 4.78 is 5.39. The molecule has 1 aromatic carbocycles. The molecule has 1 amide bonds. The standard InChI is InChI=1S/C20H16N2O2/c1-14-12-19(15(2)24-14)20(23)22-18-8-5-6-16(13-18)9-10-17-7-3-4-11-21-17/h3-8,11-13H,1-2H3,(H,22,23). The fourth-order valence-electron chi connectivity index (χ4n) is 2.30. The van der Waals surface area contributed by atoms with Crippen molar-refractivity contribution in [2.24, 2.45) is 0 Å². The topological polar surface area (TPSA) is 55.1 Å². The largest absolute Gasteiger partial charge is 0.466 e. The molecule has 2 heterocycles. The number of aromatic nitrogens is 1. The van der Waals surface area contributed by atoms with Gasteiger partial charge in [-0.05, 0) is 56.2 Å². The highest BCUT2D eigenvalue weighted by Crippen LogP contribution is 2.17. The number of hydrogen-bond donors (Lipinski definition) is 1. The smallest absolute Gasteiger partial charge is 0.259 e. The minimum atomic E-state index is -0.195. The average molecular weight is 316 g/mol. The van der Waals surface area contributed by atoms with Crippen molar-refractivity contribution in [3.05, 3.63) is 83.1 Å². The molecule has 0 unspecified atom stereocenters. The van der Waals surface area contributed by atoms with Gasteiger partial charge in [0.25, 0.3) is 5.91 Å². The maximum Gasteiger partial charge on any atom is 0.259 e. The summed E-state index contributed by atoms with van der Waals surface area (Å²) in [4.78, 5) is 16.5. The predicted octanol–water partition coefficient (Wildman–Crippen LogP) is 3.94. The molecule has 0 aliphatic carbocycles. The first kappa shape index (κ1) is 15.6. The first-order valence-corrected chi connectivity index (χ1v) is 7.53. The van der Waals surface area contributed by atoms with E-state index in [0.29, 0.717) is 28.5 Å². The van der Waals surface area contributed by atoms with Crippen LogP contribution in [0.25, 0.3) is 0 Å². The van der Waals surface area contributed by atoms with E-state index >= 15 is 0 Å². The van der Waals surface area contributed by atoms with Crippen molar-refractivity contribution in [3.63, 3.8) is 0 Å². The maximum absolute atomic E-state index is 12.3. The lowest BCUT2D eigenvalue weighted by atomic mass is 10.2. The summed E-state index contributed by atoms with van der Waals surface area (Å²) in [6.07, 6.45) is 1.70. The van der Waals surface area contributed by atoms with Crippen molar-refractivity contribution in [2.75, 3.05) is 5.32 Å². The van der Waals surface area contributed by atoms with Crippen LogP contribution in [0, 0.1) is 25.7 Å². The van der Waals surface area contributed by atoms with Crippen LogP contribution in [0.4, 0.5) is 5.69 Å². The zero-order valence-electron chi connectivity index (χ0n) is 13.5. The van der Waals surface area contributed by atoms with E-state index in [-0.39, 0.29) is 5.91 Å². The minimum absolute atomic E-state index is 0.195. The van der Waals surface area contributed by atoms with Crippen LogP contribution in [0.2, 0.25) is 0 Å². The second-order valence-electron chi connectivity index (χ2n) is 5.33. The fourth-order valence-corrected chi connectivity index (χ4v) is 2.30. The Hall–Kier alpha value is -3.32. The number of aryl methyl sites for hydroxylation is 2. The first-order chi connectivity index (χ1) is 11.6. The molecule has 2 aromatic heterocycles. The van der Waals surface area contributed by atoms with Gasteiger partial charge in [0.05, 0.1) is 5.56 Å². The highest BCUT2D eigenvalue weighted by atomic mass is 16.3. The zero-order valence-corrected chi connectivity index (χ0v) is 13.5. The molecule has 0 atom stereocenters. The maximum atomic E-state index is 12.3. The number of benzene rings is 1. The highest BCUT2D eigenvalue weighted by molar-refractivity contribution is 6.05. The Morgan fingerprint density at radius 3 is 2.67 bits per heavy atom. The molecule has 118 valence electrons. The number of pyridine rings is 1. The molecule has 4 nitrogen and oxygen atoms in total. The lowest BCUT2D eigenvalue weighted by molar-refractivity contribution is 0.102. The van der Waals surface area contributed by atoms with Gasteiger partial charge in [-0.25, -0.2) is 4.98 Å². The second-order valence-corrected chi connectivity index (χ2v) is 5.33. The van der Waals surface area contributed by atoms with Crippen LogP contribution in [-0.4, -0.2) is 10.9 Å². The Kier molecular flexibility index (Phi) is 4.44. The van der Waals surface area contributed by atoms with Crippen LogP contribution in [0.3, 0.4) is 0 Å². The van der Waals surface area contributed by atoms with Crippen molar-refractivity contribution < 1.29 is 9.21 Å². The number of amides is 1. The van der Waals surface area contributed by atoms with Gasteiger partial charge >= 0.3 is 0 Å². The molecule has 0 aliphatic heterocycles. The third-order valence-corrected chi connectivity index (χ3v) is 3.41. The molecular weight excluding hydrogens is 300 g/mol. The molecule has 0 radical (unpaired) electrons. The molecule has 1 N–H and O–H groups in total. The summed E-state index contributed by atoms with van der Waals surface area (Å²) in [6, 6.07) is 14.7. The zero-order chi connectivity index (χ0) is 16.9. The number of carbonyl (C=O) groups excluding carboxylic acids is 1. The Morgan fingerprint density at radius 1 is 1.08 bits per heavy atom. The third-order valence-electron chi connectivity index (χ3n) is 3.41. The van der Waals surface area contributed by atoms with E-state index in [1.807, 2.05) is 49.4 Å². The monoisotopic (exact) mass is 316 g/mol. The molecule has 0 saturated heterocycles. The van der Waals surface area contributed by atoms with Crippen molar-refractivity contribution >= 4 is 11.6 Å². The van der Waals surface area contributed by atoms with E-state index in [1.165, 1.54) is 0 Å². The van der Waals surface area contributed by atoms with Crippen LogP contribution in [0.1, 0.15) is 33.1 Å². The Bertz CT molecular complexity index is 931. The second kappa shape index (κ2) is 6.84. The normalized spacial score (nSPS) is 9.92. The summed E-state index contributed by atoms with van der Waals surface area (Å²) in [5, 5.41) is 2.87. The summed E-state index contributed by atoms with van der Waals surface area (Å²) >= 11 is 0. The van der Waals surface area contributed by atoms with Gasteiger partial charge in [0.2, 0.25) is 0 Å². The van der Waals surface area contributed by atoms with Gasteiger partial charge in [0.1, 0.15) is 17.2 Å². The Labute approximate surface area is 140 Å². The average Bonchev–Trinajstić information content (AvgIpc) is 2.93. The van der Waals surface area contributed by atoms with Crippen molar-refractivity contribution in [3.8, 4) is 11.8 Å². The fraction of sp³-hybridized carbons (Fsp3) is 0.100. The highest BCUT2D eigenvalue weighted by Gasteiger charge is 2.13. The Morgan fingerprint density at radius 2 is 1.96 bits per heavy atom. The molecule has 0 bridgehead atoms. The van der Waals surface area contributed by atoms with Gasteiger partial charge in [0.15, 0.2) is 0 Å². The van der Waals surface area contributed by atoms with Crippen LogP contribution >= 0.6 is 0 Å². The molecule has 24 heavy (non-hydrogen) atoms. The lowest BCUT2D eigenvalue weighted by Crippen LogP contribution is -2.12. The van der Waals surface area contributed by atoms with Gasteiger partial charge < -0.3 is 9.73 Å². The number of carbonyl (C=O) groups is 1. The quantitative estimate of drug-likeness (QED) is 0.729. The molecule has 3 rings (SSSR count). The van der Waals surface area contributed by atoms with Gasteiger partial charge in [-0.3, -0.25) is 4.79 Å². The SMILES string of the molecule is Cc1cc(C(=O)Nc2cccc(C#Cc3ccccn3)c2)c(C)o1. The summed E-state index contributed by atoms with van der Waals surface area (Å²) in [6.45, 7) is 3.59. The van der Waals surface area contributed by atoms with Crippen molar-refractivity contribution in [1.82, 2.24) is 4.98 Å². The number of nitrogens with zero attached hydrogens (tertiary/aromatic N) is 1. The van der Waals surface area contributed by atoms with E-state index < -0.39 is 0 Å². The van der Waals surface area contributed by atoms with E-state index in [0.717, 1.165) is 5.56 Å². The van der Waals surface area contributed by atoms with E-state index in [1.54, 1.807) is 19.2 Å². The minimum Gasteiger partial charge on any atom is -0.466 e. The number of rotatable bonds is 2. The summed E-state index contributed by atoms with van der Waals surface area (Å²) in [5.41, 5.74) is 2.73.